The van der Waals surface area contributed by atoms with Crippen molar-refractivity contribution in [2.75, 3.05) is 6.61 Å². The van der Waals surface area contributed by atoms with Crippen LogP contribution in [0.25, 0.3) is 6.08 Å². The van der Waals surface area contributed by atoms with Crippen LogP contribution >= 0.6 is 0 Å². The number of hydrogen-bond acceptors (Lipinski definition) is 4. The lowest BCUT2D eigenvalue weighted by Gasteiger charge is -2.16. The van der Waals surface area contributed by atoms with Gasteiger partial charge in [0.05, 0.1) is 25.3 Å². The third-order valence-electron chi connectivity index (χ3n) is 5.73. The first-order valence-corrected chi connectivity index (χ1v) is 11.8. The first-order valence-electron chi connectivity index (χ1n) is 11.8. The Morgan fingerprint density at radius 1 is 0.853 bits per heavy atom. The molecule has 0 amide bonds. The smallest absolute Gasteiger partial charge is 0.331 e. The average molecular weight is 461 g/mol. The predicted octanol–water partition coefficient (Wildman–Crippen LogP) is 4.55. The fourth-order valence-electron chi connectivity index (χ4n) is 3.77. The summed E-state index contributed by atoms with van der Waals surface area (Å²) in [4.78, 5) is 38.9. The van der Waals surface area contributed by atoms with E-state index in [9.17, 15) is 14.4 Å². The van der Waals surface area contributed by atoms with Gasteiger partial charge in [0.2, 0.25) is 0 Å². The zero-order valence-corrected chi connectivity index (χ0v) is 19.9. The lowest BCUT2D eigenvalue weighted by Crippen LogP contribution is -2.42. The lowest BCUT2D eigenvalue weighted by atomic mass is 10.1. The van der Waals surface area contributed by atoms with E-state index in [1.165, 1.54) is 16.7 Å². The van der Waals surface area contributed by atoms with Crippen molar-refractivity contribution in [2.45, 2.75) is 52.6 Å². The molecule has 0 unspecified atom stereocenters. The van der Waals surface area contributed by atoms with Crippen molar-refractivity contribution in [3.05, 3.63) is 110 Å². The molecule has 0 saturated heterocycles. The molecule has 0 aliphatic heterocycles. The zero-order valence-electron chi connectivity index (χ0n) is 19.9. The van der Waals surface area contributed by atoms with E-state index in [-0.39, 0.29) is 12.2 Å². The number of benzene rings is 2. The van der Waals surface area contributed by atoms with Crippen LogP contribution in [0.1, 0.15) is 55.0 Å². The van der Waals surface area contributed by atoms with Crippen molar-refractivity contribution in [2.24, 2.45) is 0 Å². The minimum absolute atomic E-state index is 0.149. The van der Waals surface area contributed by atoms with Gasteiger partial charge in [-0.15, -0.1) is 0 Å². The predicted molar refractivity (Wildman–Crippen MR) is 135 cm³/mol. The molecule has 34 heavy (non-hydrogen) atoms. The number of carbonyl (C=O) groups is 1. The van der Waals surface area contributed by atoms with Crippen molar-refractivity contribution in [1.82, 2.24) is 9.13 Å². The van der Waals surface area contributed by atoms with E-state index in [0.29, 0.717) is 24.4 Å². The molecule has 6 nitrogen and oxygen atoms in total. The van der Waals surface area contributed by atoms with Crippen molar-refractivity contribution >= 4 is 12.0 Å². The van der Waals surface area contributed by atoms with Crippen molar-refractivity contribution in [3.8, 4) is 0 Å². The minimum atomic E-state index is -0.495. The lowest BCUT2D eigenvalue weighted by molar-refractivity contribution is -0.137. The maximum absolute atomic E-state index is 13.3. The first kappa shape index (κ1) is 25.0. The highest BCUT2D eigenvalue weighted by Gasteiger charge is 2.16. The molecule has 1 aromatic heterocycles. The van der Waals surface area contributed by atoms with Gasteiger partial charge in [0.25, 0.3) is 5.56 Å². The normalized spacial score (nSPS) is 11.1. The number of hydrogen-bond donors (Lipinski definition) is 0. The van der Waals surface area contributed by atoms with Crippen molar-refractivity contribution in [3.63, 3.8) is 0 Å². The molecule has 0 radical (unpaired) electrons. The van der Waals surface area contributed by atoms with Gasteiger partial charge in [0.15, 0.2) is 0 Å². The molecule has 0 spiro atoms. The molecule has 0 fully saturated rings. The molecule has 178 valence electrons. The number of rotatable bonds is 11. The summed E-state index contributed by atoms with van der Waals surface area (Å²) in [6, 6.07) is 19.0. The van der Waals surface area contributed by atoms with Gasteiger partial charge in [0.1, 0.15) is 0 Å². The number of unbranched alkanes of at least 4 members (excludes halogenated alkanes) is 3. The fraction of sp³-hybridized carbons (Fsp3) is 0.321. The van der Waals surface area contributed by atoms with E-state index in [4.69, 9.17) is 4.74 Å². The third kappa shape index (κ3) is 6.67. The quantitative estimate of drug-likeness (QED) is 0.239. The van der Waals surface area contributed by atoms with Crippen molar-refractivity contribution < 1.29 is 9.53 Å². The maximum Gasteiger partial charge on any atom is 0.331 e. The van der Waals surface area contributed by atoms with Gasteiger partial charge >= 0.3 is 11.7 Å². The maximum atomic E-state index is 13.3. The standard InChI is InChI=1S/C28H32N2O4/c1-3-4-5-12-19-34-26(31)18-17-25-22(2)29(20-23-13-8-6-9-14-23)28(33)30(27(25)32)21-24-15-10-7-11-16-24/h6-11,13-18H,3-5,12,19-21H2,1-2H3. The summed E-state index contributed by atoms with van der Waals surface area (Å²) >= 11 is 0. The van der Waals surface area contributed by atoms with E-state index in [1.54, 1.807) is 11.5 Å². The Morgan fingerprint density at radius 2 is 1.44 bits per heavy atom. The minimum Gasteiger partial charge on any atom is -0.463 e. The molecule has 3 aromatic rings. The van der Waals surface area contributed by atoms with E-state index in [1.807, 2.05) is 60.7 Å². The molecule has 0 aliphatic rings. The monoisotopic (exact) mass is 460 g/mol. The van der Waals surface area contributed by atoms with Crippen LogP contribution in [0.2, 0.25) is 0 Å². The number of ether oxygens (including phenoxy) is 1. The summed E-state index contributed by atoms with van der Waals surface area (Å²) < 4.78 is 8.06. The van der Waals surface area contributed by atoms with Crippen molar-refractivity contribution in [1.29, 1.82) is 0 Å². The Morgan fingerprint density at radius 3 is 2.03 bits per heavy atom. The molecular formula is C28H32N2O4. The Bertz CT molecular complexity index is 1230. The summed E-state index contributed by atoms with van der Waals surface area (Å²) in [5.41, 5.74) is 1.79. The molecule has 3 rings (SSSR count). The van der Waals surface area contributed by atoms with Crippen LogP contribution in [-0.4, -0.2) is 21.7 Å². The molecule has 0 atom stereocenters. The molecular weight excluding hydrogens is 428 g/mol. The molecule has 0 N–H and O–H groups in total. The molecule has 0 aliphatic carbocycles. The summed E-state index contributed by atoms with van der Waals surface area (Å²) in [5.74, 6) is -0.495. The topological polar surface area (TPSA) is 70.3 Å². The van der Waals surface area contributed by atoms with Gasteiger partial charge in [-0.2, -0.15) is 0 Å². The summed E-state index contributed by atoms with van der Waals surface area (Å²) in [5, 5.41) is 0. The second-order valence-corrected chi connectivity index (χ2v) is 8.29. The highest BCUT2D eigenvalue weighted by Crippen LogP contribution is 2.09. The van der Waals surface area contributed by atoms with Gasteiger partial charge < -0.3 is 4.74 Å². The third-order valence-corrected chi connectivity index (χ3v) is 5.73. The Kier molecular flexibility index (Phi) is 9.21. The van der Waals surface area contributed by atoms with Gasteiger partial charge in [-0.05, 0) is 30.5 Å². The van der Waals surface area contributed by atoms with Gasteiger partial charge in [0, 0.05) is 11.8 Å². The van der Waals surface area contributed by atoms with Gasteiger partial charge in [-0.25, -0.2) is 9.59 Å². The summed E-state index contributed by atoms with van der Waals surface area (Å²) in [7, 11) is 0. The van der Waals surface area contributed by atoms with E-state index in [2.05, 4.69) is 6.92 Å². The van der Waals surface area contributed by atoms with Crippen LogP contribution in [0.5, 0.6) is 0 Å². The van der Waals surface area contributed by atoms with Crippen LogP contribution in [0, 0.1) is 6.92 Å². The highest BCUT2D eigenvalue weighted by atomic mass is 16.5. The number of carbonyl (C=O) groups excluding carboxylic acids is 1. The van der Waals surface area contributed by atoms with E-state index < -0.39 is 11.5 Å². The number of nitrogens with zero attached hydrogens (tertiary/aromatic N) is 2. The van der Waals surface area contributed by atoms with Crippen LogP contribution in [0.3, 0.4) is 0 Å². The molecule has 2 aromatic carbocycles. The Hall–Kier alpha value is -3.67. The van der Waals surface area contributed by atoms with Gasteiger partial charge in [-0.1, -0.05) is 86.8 Å². The average Bonchev–Trinajstić information content (AvgIpc) is 2.85. The second-order valence-electron chi connectivity index (χ2n) is 8.29. The Balaban J connectivity index is 1.94. The SMILES string of the molecule is CCCCCCOC(=O)C=Cc1c(C)n(Cc2ccccc2)c(=O)n(Cc2ccccc2)c1=O. The molecule has 0 saturated carbocycles. The Labute approximate surface area is 200 Å². The van der Waals surface area contributed by atoms with Crippen LogP contribution in [0.4, 0.5) is 0 Å². The molecule has 0 bridgehead atoms. The first-order chi connectivity index (χ1) is 16.5. The molecule has 6 heteroatoms. The molecule has 1 heterocycles. The highest BCUT2D eigenvalue weighted by molar-refractivity contribution is 5.87. The second kappa shape index (κ2) is 12.5. The fourth-order valence-corrected chi connectivity index (χ4v) is 3.77. The van der Waals surface area contributed by atoms with E-state index >= 15 is 0 Å². The van der Waals surface area contributed by atoms with Crippen LogP contribution < -0.4 is 11.2 Å². The largest absolute Gasteiger partial charge is 0.463 e. The number of aromatic nitrogens is 2. The number of esters is 1. The van der Waals surface area contributed by atoms with E-state index in [0.717, 1.165) is 36.8 Å². The van der Waals surface area contributed by atoms with Gasteiger partial charge in [-0.3, -0.25) is 13.9 Å². The summed E-state index contributed by atoms with van der Waals surface area (Å²) in [6.07, 6.45) is 6.79. The summed E-state index contributed by atoms with van der Waals surface area (Å²) in [6.45, 7) is 4.68. The van der Waals surface area contributed by atoms with Crippen LogP contribution in [0.15, 0.2) is 76.3 Å². The van der Waals surface area contributed by atoms with Crippen LogP contribution in [-0.2, 0) is 22.6 Å². The zero-order chi connectivity index (χ0) is 24.3.